The number of phenols is 1. The van der Waals surface area contributed by atoms with E-state index in [2.05, 4.69) is 41.3 Å². The predicted octanol–water partition coefficient (Wildman–Crippen LogP) is 7.65. The van der Waals surface area contributed by atoms with E-state index in [1.807, 2.05) is 72.8 Å². The summed E-state index contributed by atoms with van der Waals surface area (Å²) in [5.74, 6) is 0.230. The Morgan fingerprint density at radius 2 is 1.13 bits per heavy atom. The first kappa shape index (κ1) is 19.1. The van der Waals surface area contributed by atoms with Crippen LogP contribution in [-0.2, 0) is 0 Å². The van der Waals surface area contributed by atoms with E-state index in [0.717, 1.165) is 38.2 Å². The fraction of sp³-hybridized carbons (Fsp3) is 0. The molecule has 0 amide bonds. The maximum absolute atomic E-state index is 10.5. The van der Waals surface area contributed by atoms with Crippen LogP contribution in [0.1, 0.15) is 0 Å². The van der Waals surface area contributed by atoms with Gasteiger partial charge in [-0.1, -0.05) is 90.2 Å². The number of aromatic nitrogens is 1. The first-order valence-corrected chi connectivity index (χ1v) is 10.9. The summed E-state index contributed by atoms with van der Waals surface area (Å²) in [6.45, 7) is 0. The molecule has 0 unspecified atom stereocenters. The molecule has 3 nitrogen and oxygen atoms in total. The van der Waals surface area contributed by atoms with Gasteiger partial charge in [-0.2, -0.15) is 0 Å². The van der Waals surface area contributed by atoms with E-state index >= 15 is 0 Å². The molecule has 0 spiro atoms. The minimum atomic E-state index is 0.230. The molecule has 0 saturated heterocycles. The Bertz CT molecular complexity index is 1250. The third kappa shape index (κ3) is 3.81. The van der Waals surface area contributed by atoms with Crippen LogP contribution in [0.5, 0.6) is 5.75 Å². The van der Waals surface area contributed by atoms with Gasteiger partial charge in [-0.3, -0.25) is 0 Å². The number of hydrogen-bond donors (Lipinski definition) is 1. The largest absolute Gasteiger partial charge is 0.507 e. The summed E-state index contributed by atoms with van der Waals surface area (Å²) in [7, 11) is 0. The Kier molecular flexibility index (Phi) is 5.21. The number of phenolic OH excluding ortho intramolecular Hbond substituents is 1. The molecule has 0 bridgehead atoms. The van der Waals surface area contributed by atoms with E-state index in [-0.39, 0.29) is 5.75 Å². The predicted molar refractivity (Wildman–Crippen MR) is 129 cm³/mol. The van der Waals surface area contributed by atoms with Crippen molar-refractivity contribution in [3.05, 3.63) is 115 Å². The molecular weight excluding hydrogens is 400 g/mol. The van der Waals surface area contributed by atoms with Gasteiger partial charge in [0.2, 0.25) is 0 Å². The molecule has 1 N–H and O–H groups in total. The number of nitrogens with zero attached hydrogens (tertiary/aromatic N) is 2. The van der Waals surface area contributed by atoms with Crippen LogP contribution in [-0.4, -0.2) is 10.1 Å². The molecule has 0 radical (unpaired) electrons. The molecule has 5 aromatic rings. The third-order valence-electron chi connectivity index (χ3n) is 5.02. The first-order valence-electron chi connectivity index (χ1n) is 10.1. The molecule has 1 heterocycles. The lowest BCUT2D eigenvalue weighted by atomic mass is 10.1. The highest BCUT2D eigenvalue weighted by Crippen LogP contribution is 2.47. The molecule has 1 aromatic heterocycles. The van der Waals surface area contributed by atoms with Gasteiger partial charge in [0, 0.05) is 16.9 Å². The monoisotopic (exact) mass is 420 g/mol. The topological polar surface area (TPSA) is 36.4 Å². The van der Waals surface area contributed by atoms with E-state index in [4.69, 9.17) is 4.98 Å². The first-order chi connectivity index (χ1) is 15.3. The quantitative estimate of drug-likeness (QED) is 0.317. The smallest absolute Gasteiger partial charge is 0.129 e. The third-order valence-corrected chi connectivity index (χ3v) is 6.10. The summed E-state index contributed by atoms with van der Waals surface area (Å²) in [6.07, 6.45) is 0. The molecule has 0 atom stereocenters. The van der Waals surface area contributed by atoms with Crippen molar-refractivity contribution in [2.45, 2.75) is 0 Å². The lowest BCUT2D eigenvalue weighted by Gasteiger charge is -2.24. The molecule has 150 valence electrons. The molecule has 4 aromatic carbocycles. The fourth-order valence-electron chi connectivity index (χ4n) is 3.56. The lowest BCUT2D eigenvalue weighted by molar-refractivity contribution is 0.477. The van der Waals surface area contributed by atoms with Gasteiger partial charge in [0.1, 0.15) is 21.5 Å². The van der Waals surface area contributed by atoms with Gasteiger partial charge in [0.05, 0.1) is 5.56 Å². The van der Waals surface area contributed by atoms with Crippen LogP contribution in [0.2, 0.25) is 0 Å². The minimum Gasteiger partial charge on any atom is -0.507 e. The zero-order chi connectivity index (χ0) is 21.0. The zero-order valence-corrected chi connectivity index (χ0v) is 17.5. The van der Waals surface area contributed by atoms with E-state index in [1.165, 1.54) is 0 Å². The van der Waals surface area contributed by atoms with Gasteiger partial charge in [-0.25, -0.2) is 4.98 Å². The maximum atomic E-state index is 10.5. The Hall–Kier alpha value is -3.89. The summed E-state index contributed by atoms with van der Waals surface area (Å²) in [5.41, 5.74) is 4.76. The fourth-order valence-corrected chi connectivity index (χ4v) is 4.72. The number of anilines is 3. The highest BCUT2D eigenvalue weighted by atomic mass is 32.1. The minimum absolute atomic E-state index is 0.230. The van der Waals surface area contributed by atoms with Crippen LogP contribution in [0.15, 0.2) is 115 Å². The highest BCUT2D eigenvalue weighted by Gasteiger charge is 2.23. The molecule has 5 rings (SSSR count). The van der Waals surface area contributed by atoms with Gasteiger partial charge in [0.15, 0.2) is 0 Å². The second kappa shape index (κ2) is 8.46. The van der Waals surface area contributed by atoms with E-state index < -0.39 is 0 Å². The number of hydrogen-bond acceptors (Lipinski definition) is 4. The van der Waals surface area contributed by atoms with Crippen molar-refractivity contribution in [2.75, 3.05) is 4.90 Å². The van der Waals surface area contributed by atoms with Crippen molar-refractivity contribution < 1.29 is 5.11 Å². The van der Waals surface area contributed by atoms with Gasteiger partial charge in [-0.15, -0.1) is 0 Å². The van der Waals surface area contributed by atoms with Crippen LogP contribution in [0.3, 0.4) is 0 Å². The van der Waals surface area contributed by atoms with Gasteiger partial charge in [0.25, 0.3) is 0 Å². The average molecular weight is 421 g/mol. The van der Waals surface area contributed by atoms with Crippen molar-refractivity contribution in [2.24, 2.45) is 0 Å². The highest BCUT2D eigenvalue weighted by molar-refractivity contribution is 7.19. The second-order valence-electron chi connectivity index (χ2n) is 7.06. The molecule has 0 aliphatic heterocycles. The van der Waals surface area contributed by atoms with Crippen LogP contribution >= 0.6 is 11.3 Å². The number of thiazole rings is 1. The summed E-state index contributed by atoms with van der Waals surface area (Å²) < 4.78 is 0. The van der Waals surface area contributed by atoms with Gasteiger partial charge < -0.3 is 10.0 Å². The van der Waals surface area contributed by atoms with Crippen LogP contribution < -0.4 is 4.90 Å². The SMILES string of the molecule is Oc1ccccc1-c1nc(-c2ccccc2)c(N(c2ccccc2)c2ccccc2)s1. The Balaban J connectivity index is 1.77. The summed E-state index contributed by atoms with van der Waals surface area (Å²) in [5, 5.41) is 12.2. The second-order valence-corrected chi connectivity index (χ2v) is 8.04. The van der Waals surface area contributed by atoms with Crippen molar-refractivity contribution in [1.82, 2.24) is 4.98 Å². The van der Waals surface area contributed by atoms with Crippen LogP contribution in [0.4, 0.5) is 16.4 Å². The average Bonchev–Trinajstić information content (AvgIpc) is 3.26. The standard InChI is InChI=1S/C27H20N2OS/c30-24-19-11-10-18-23(24)26-28-25(20-12-4-1-5-13-20)27(31-26)29(21-14-6-2-7-15-21)22-16-8-3-9-17-22/h1-19,30H. The molecular formula is C27H20N2OS. The zero-order valence-electron chi connectivity index (χ0n) is 16.7. The van der Waals surface area contributed by atoms with Gasteiger partial charge >= 0.3 is 0 Å². The molecule has 0 saturated carbocycles. The van der Waals surface area contributed by atoms with Crippen molar-refractivity contribution >= 4 is 27.7 Å². The van der Waals surface area contributed by atoms with Gasteiger partial charge in [-0.05, 0) is 36.4 Å². The van der Waals surface area contributed by atoms with E-state index in [1.54, 1.807) is 17.4 Å². The van der Waals surface area contributed by atoms with E-state index in [9.17, 15) is 5.11 Å². The van der Waals surface area contributed by atoms with Crippen molar-refractivity contribution in [3.8, 4) is 27.6 Å². The van der Waals surface area contributed by atoms with Crippen molar-refractivity contribution in [1.29, 1.82) is 0 Å². The van der Waals surface area contributed by atoms with Crippen LogP contribution in [0, 0.1) is 0 Å². The number of rotatable bonds is 5. The molecule has 0 aliphatic rings. The maximum Gasteiger partial charge on any atom is 0.129 e. The summed E-state index contributed by atoms with van der Waals surface area (Å²) in [4.78, 5) is 7.23. The lowest BCUT2D eigenvalue weighted by Crippen LogP contribution is -2.09. The Morgan fingerprint density at radius 3 is 1.71 bits per heavy atom. The number of benzene rings is 4. The normalized spacial score (nSPS) is 10.7. The number of aromatic hydroxyl groups is 1. The molecule has 4 heteroatoms. The van der Waals surface area contributed by atoms with Crippen LogP contribution in [0.25, 0.3) is 21.8 Å². The molecule has 0 aliphatic carbocycles. The molecule has 31 heavy (non-hydrogen) atoms. The summed E-state index contributed by atoms with van der Waals surface area (Å²) >= 11 is 1.57. The summed E-state index contributed by atoms with van der Waals surface area (Å²) in [6, 6.07) is 38.1. The Labute approximate surface area is 185 Å². The Morgan fingerprint density at radius 1 is 0.613 bits per heavy atom. The molecule has 0 fully saturated rings. The van der Waals surface area contributed by atoms with E-state index in [0.29, 0.717) is 0 Å². The van der Waals surface area contributed by atoms with Crippen molar-refractivity contribution in [3.63, 3.8) is 0 Å². The number of para-hydroxylation sites is 3.